The zero-order valence-electron chi connectivity index (χ0n) is 12.7. The van der Waals surface area contributed by atoms with Gasteiger partial charge in [0.15, 0.2) is 0 Å². The summed E-state index contributed by atoms with van der Waals surface area (Å²) in [6.45, 7) is 5.26. The van der Waals surface area contributed by atoms with E-state index in [0.717, 1.165) is 35.6 Å². The molecule has 0 amide bonds. The zero-order valence-corrected chi connectivity index (χ0v) is 12.7. The van der Waals surface area contributed by atoms with E-state index >= 15 is 0 Å². The minimum absolute atomic E-state index is 0.345. The maximum atomic E-state index is 5.85. The highest BCUT2D eigenvalue weighted by atomic mass is 16.5. The molecular formula is C18H20N2O2. The van der Waals surface area contributed by atoms with Crippen molar-refractivity contribution in [2.45, 2.75) is 18.9 Å². The molecule has 0 aliphatic carbocycles. The van der Waals surface area contributed by atoms with Crippen LogP contribution in [0.4, 0.5) is 0 Å². The molecule has 1 aromatic heterocycles. The molecule has 1 atom stereocenters. The molecule has 1 fully saturated rings. The molecule has 1 saturated heterocycles. The van der Waals surface area contributed by atoms with Crippen molar-refractivity contribution < 1.29 is 9.47 Å². The first kappa shape index (κ1) is 14.6. The second-order valence-corrected chi connectivity index (χ2v) is 5.36. The molecule has 0 unspecified atom stereocenters. The summed E-state index contributed by atoms with van der Waals surface area (Å²) in [5.41, 5.74) is 2.09. The smallest absolute Gasteiger partial charge is 0.146 e. The number of benzene rings is 1. The van der Waals surface area contributed by atoms with Gasteiger partial charge in [0.05, 0.1) is 13.3 Å². The molecule has 4 heteroatoms. The lowest BCUT2D eigenvalue weighted by Crippen LogP contribution is -2.22. The van der Waals surface area contributed by atoms with Gasteiger partial charge < -0.3 is 14.8 Å². The van der Waals surface area contributed by atoms with Crippen molar-refractivity contribution >= 4 is 5.57 Å². The first-order valence-electron chi connectivity index (χ1n) is 7.46. The largest absolute Gasteiger partial charge is 0.497 e. The second-order valence-electron chi connectivity index (χ2n) is 5.36. The van der Waals surface area contributed by atoms with Crippen molar-refractivity contribution in [2.24, 2.45) is 0 Å². The van der Waals surface area contributed by atoms with E-state index < -0.39 is 0 Å². The number of aromatic nitrogens is 1. The first-order valence-corrected chi connectivity index (χ1v) is 7.46. The lowest BCUT2D eigenvalue weighted by atomic mass is 10.0. The van der Waals surface area contributed by atoms with Gasteiger partial charge >= 0.3 is 0 Å². The monoisotopic (exact) mass is 296 g/mol. The molecule has 1 N–H and O–H groups in total. The average Bonchev–Trinajstić information content (AvgIpc) is 3.09. The van der Waals surface area contributed by atoms with Crippen LogP contribution < -0.4 is 14.8 Å². The van der Waals surface area contributed by atoms with Crippen molar-refractivity contribution in [3.63, 3.8) is 0 Å². The van der Waals surface area contributed by atoms with Gasteiger partial charge in [-0.1, -0.05) is 6.58 Å². The molecule has 2 heterocycles. The normalized spacial score (nSPS) is 17.2. The van der Waals surface area contributed by atoms with Crippen LogP contribution in [0, 0.1) is 0 Å². The summed E-state index contributed by atoms with van der Waals surface area (Å²) in [7, 11) is 1.64. The SMILES string of the molecule is C=C(c1cncc(Oc2ccc(OC)cc2)c1)[C@@H]1CCCN1. The van der Waals surface area contributed by atoms with Gasteiger partial charge in [-0.05, 0) is 55.3 Å². The van der Waals surface area contributed by atoms with E-state index in [1.54, 1.807) is 13.3 Å². The van der Waals surface area contributed by atoms with Crippen molar-refractivity contribution in [2.75, 3.05) is 13.7 Å². The fourth-order valence-corrected chi connectivity index (χ4v) is 2.61. The third-order valence-corrected chi connectivity index (χ3v) is 3.86. The highest BCUT2D eigenvalue weighted by Gasteiger charge is 2.18. The van der Waals surface area contributed by atoms with E-state index in [2.05, 4.69) is 16.9 Å². The van der Waals surface area contributed by atoms with E-state index in [-0.39, 0.29) is 0 Å². The Kier molecular flexibility index (Phi) is 4.39. The van der Waals surface area contributed by atoms with E-state index in [1.807, 2.05) is 36.5 Å². The molecule has 2 aromatic rings. The van der Waals surface area contributed by atoms with E-state index in [0.29, 0.717) is 11.8 Å². The van der Waals surface area contributed by atoms with Crippen molar-refractivity contribution in [1.82, 2.24) is 10.3 Å². The summed E-state index contributed by atoms with van der Waals surface area (Å²) < 4.78 is 11.0. The molecule has 22 heavy (non-hydrogen) atoms. The highest BCUT2D eigenvalue weighted by Crippen LogP contribution is 2.27. The van der Waals surface area contributed by atoms with Gasteiger partial charge in [-0.25, -0.2) is 0 Å². The Morgan fingerprint density at radius 1 is 1.18 bits per heavy atom. The van der Waals surface area contributed by atoms with Crippen LogP contribution in [0.3, 0.4) is 0 Å². The van der Waals surface area contributed by atoms with Crippen LogP contribution in [0.5, 0.6) is 17.2 Å². The van der Waals surface area contributed by atoms with Gasteiger partial charge in [0, 0.05) is 17.8 Å². The number of ether oxygens (including phenoxy) is 2. The Bertz CT molecular complexity index is 646. The summed E-state index contributed by atoms with van der Waals surface area (Å²) in [6, 6.07) is 9.82. The summed E-state index contributed by atoms with van der Waals surface area (Å²) in [4.78, 5) is 4.27. The molecule has 0 radical (unpaired) electrons. The summed E-state index contributed by atoms with van der Waals surface area (Å²) >= 11 is 0. The predicted molar refractivity (Wildman–Crippen MR) is 87.4 cm³/mol. The van der Waals surface area contributed by atoms with Crippen molar-refractivity contribution in [1.29, 1.82) is 0 Å². The Hall–Kier alpha value is -2.33. The number of hydrogen-bond donors (Lipinski definition) is 1. The molecule has 0 bridgehead atoms. The van der Waals surface area contributed by atoms with E-state index in [1.165, 1.54) is 6.42 Å². The maximum absolute atomic E-state index is 5.85. The van der Waals surface area contributed by atoms with Crippen LogP contribution in [0.15, 0.2) is 49.3 Å². The van der Waals surface area contributed by atoms with Crippen molar-refractivity contribution in [3.8, 4) is 17.2 Å². The molecule has 0 spiro atoms. The minimum atomic E-state index is 0.345. The molecule has 1 aromatic carbocycles. The fraction of sp³-hybridized carbons (Fsp3) is 0.278. The zero-order chi connectivity index (χ0) is 15.4. The Balaban J connectivity index is 1.74. The molecule has 1 aliphatic rings. The highest BCUT2D eigenvalue weighted by molar-refractivity contribution is 5.68. The lowest BCUT2D eigenvalue weighted by molar-refractivity contribution is 0.412. The fourth-order valence-electron chi connectivity index (χ4n) is 2.61. The molecule has 114 valence electrons. The van der Waals surface area contributed by atoms with Crippen LogP contribution in [0.2, 0.25) is 0 Å². The van der Waals surface area contributed by atoms with E-state index in [4.69, 9.17) is 9.47 Å². The number of nitrogens with zero attached hydrogens (tertiary/aromatic N) is 1. The predicted octanol–water partition coefficient (Wildman–Crippen LogP) is 3.65. The lowest BCUT2D eigenvalue weighted by Gasteiger charge is -2.14. The molecule has 4 nitrogen and oxygen atoms in total. The van der Waals surface area contributed by atoms with E-state index in [9.17, 15) is 0 Å². The summed E-state index contributed by atoms with van der Waals surface area (Å²) in [5.74, 6) is 2.27. The number of nitrogens with one attached hydrogen (secondary N) is 1. The first-order chi connectivity index (χ1) is 10.8. The molecular weight excluding hydrogens is 276 g/mol. The number of pyridine rings is 1. The topological polar surface area (TPSA) is 43.4 Å². The van der Waals surface area contributed by atoms with Gasteiger partial charge in [0.1, 0.15) is 17.2 Å². The summed E-state index contributed by atoms with van der Waals surface area (Å²) in [6.07, 6.45) is 5.87. The molecule has 1 aliphatic heterocycles. The van der Waals surface area contributed by atoms with Gasteiger partial charge in [0.2, 0.25) is 0 Å². The van der Waals surface area contributed by atoms with Crippen LogP contribution in [0.25, 0.3) is 5.57 Å². The standard InChI is InChI=1S/C18H20N2O2/c1-13(18-4-3-9-20-18)14-10-17(12-19-11-14)22-16-7-5-15(21-2)6-8-16/h5-8,10-12,18,20H,1,3-4,9H2,2H3/t18-/m0/s1. The van der Waals surface area contributed by atoms with Crippen LogP contribution in [-0.4, -0.2) is 24.7 Å². The molecule has 3 rings (SSSR count). The number of hydrogen-bond acceptors (Lipinski definition) is 4. The average molecular weight is 296 g/mol. The quantitative estimate of drug-likeness (QED) is 0.914. The van der Waals surface area contributed by atoms with Gasteiger partial charge in [0.25, 0.3) is 0 Å². The van der Waals surface area contributed by atoms with Crippen LogP contribution >= 0.6 is 0 Å². The Morgan fingerprint density at radius 2 is 1.95 bits per heavy atom. The minimum Gasteiger partial charge on any atom is -0.497 e. The molecule has 0 saturated carbocycles. The van der Waals surface area contributed by atoms with Gasteiger partial charge in [-0.3, -0.25) is 4.98 Å². The number of methoxy groups -OCH3 is 1. The number of rotatable bonds is 5. The third kappa shape index (κ3) is 3.28. The maximum Gasteiger partial charge on any atom is 0.146 e. The Morgan fingerprint density at radius 3 is 2.64 bits per heavy atom. The second kappa shape index (κ2) is 6.62. The van der Waals surface area contributed by atoms with Gasteiger partial charge in [-0.15, -0.1) is 0 Å². The van der Waals surface area contributed by atoms with Crippen LogP contribution in [-0.2, 0) is 0 Å². The Labute approximate surface area is 130 Å². The summed E-state index contributed by atoms with van der Waals surface area (Å²) in [5, 5.41) is 3.45. The van der Waals surface area contributed by atoms with Crippen LogP contribution in [0.1, 0.15) is 18.4 Å². The van der Waals surface area contributed by atoms with Gasteiger partial charge in [-0.2, -0.15) is 0 Å². The van der Waals surface area contributed by atoms with Crippen molar-refractivity contribution in [3.05, 3.63) is 54.9 Å². The third-order valence-electron chi connectivity index (χ3n) is 3.86.